The Morgan fingerprint density at radius 2 is 1.21 bits per heavy atom. The largest absolute Gasteiger partial charge is 0.673 e. The molecular weight excluding hydrogens is 571 g/mol. The molecule has 9 heteroatoms. The van der Waals surface area contributed by atoms with Crippen LogP contribution in [0.1, 0.15) is 33.1 Å². The van der Waals surface area contributed by atoms with Gasteiger partial charge in [0.2, 0.25) is 0 Å². The second-order valence-electron chi connectivity index (χ2n) is 8.55. The van der Waals surface area contributed by atoms with Crippen molar-refractivity contribution in [1.29, 1.82) is 0 Å². The van der Waals surface area contributed by atoms with Crippen LogP contribution in [0.4, 0.5) is 17.3 Å². The number of hydrogen-bond acceptors (Lipinski definition) is 2. The standard InChI is InChI=1S/C30H23BrN2O.BF4/c31-27-18-16-25(17-19-27)30(34)32-33-28(23-12-6-2-7-13-23)20-26(22-10-4-1-5-11-22)21-29(33)24-14-8-3-9-15-24;2-1(3,4)5/h1-21,28H,(H,32,34);/q;-1. The van der Waals surface area contributed by atoms with E-state index in [0.29, 0.717) is 5.56 Å². The molecular formula is C30H23BBrF4N2O-. The number of nitrogens with zero attached hydrogens (tertiary/aromatic N) is 1. The zero-order valence-corrected chi connectivity index (χ0v) is 22.1. The maximum absolute atomic E-state index is 13.3. The maximum atomic E-state index is 13.3. The van der Waals surface area contributed by atoms with E-state index in [-0.39, 0.29) is 11.9 Å². The molecule has 39 heavy (non-hydrogen) atoms. The summed E-state index contributed by atoms with van der Waals surface area (Å²) in [6, 6.07) is 38.0. The van der Waals surface area contributed by atoms with E-state index in [1.54, 1.807) is 0 Å². The molecule has 0 aliphatic carbocycles. The smallest absolute Gasteiger partial charge is 0.418 e. The highest BCUT2D eigenvalue weighted by atomic mass is 79.9. The molecule has 1 aliphatic rings. The Morgan fingerprint density at radius 1 is 0.718 bits per heavy atom. The van der Waals surface area contributed by atoms with E-state index in [2.05, 4.69) is 69.9 Å². The molecule has 1 amide bonds. The minimum atomic E-state index is -6.00. The maximum Gasteiger partial charge on any atom is 0.673 e. The average Bonchev–Trinajstić information content (AvgIpc) is 2.94. The molecule has 1 N–H and O–H groups in total. The van der Waals surface area contributed by atoms with Crippen molar-refractivity contribution in [1.82, 2.24) is 10.4 Å². The van der Waals surface area contributed by atoms with Gasteiger partial charge >= 0.3 is 7.25 Å². The first-order valence-electron chi connectivity index (χ1n) is 12.0. The molecule has 0 saturated heterocycles. The van der Waals surface area contributed by atoms with Gasteiger partial charge in [0, 0.05) is 10.0 Å². The van der Waals surface area contributed by atoms with Gasteiger partial charge in [0.15, 0.2) is 0 Å². The van der Waals surface area contributed by atoms with Crippen LogP contribution >= 0.6 is 15.9 Å². The fourth-order valence-electron chi connectivity index (χ4n) is 4.10. The van der Waals surface area contributed by atoms with Gasteiger partial charge in [0.05, 0.1) is 11.7 Å². The third-order valence-corrected chi connectivity index (χ3v) is 6.34. The van der Waals surface area contributed by atoms with Crippen LogP contribution in [0.2, 0.25) is 0 Å². The second-order valence-corrected chi connectivity index (χ2v) is 9.47. The molecule has 1 heterocycles. The zero-order chi connectivity index (χ0) is 27.8. The van der Waals surface area contributed by atoms with Crippen LogP contribution < -0.4 is 5.43 Å². The molecule has 0 fully saturated rings. The first-order valence-corrected chi connectivity index (χ1v) is 12.8. The Hall–Kier alpha value is -4.11. The fourth-order valence-corrected chi connectivity index (χ4v) is 4.37. The predicted molar refractivity (Wildman–Crippen MR) is 152 cm³/mol. The molecule has 1 aliphatic heterocycles. The van der Waals surface area contributed by atoms with Crippen molar-refractivity contribution < 1.29 is 22.1 Å². The molecule has 0 radical (unpaired) electrons. The van der Waals surface area contributed by atoms with Crippen LogP contribution in [0.5, 0.6) is 0 Å². The Kier molecular flexibility index (Phi) is 9.04. The fraction of sp³-hybridized carbons (Fsp3) is 0.0333. The summed E-state index contributed by atoms with van der Waals surface area (Å²) in [4.78, 5) is 13.3. The Bertz CT molecular complexity index is 1440. The van der Waals surface area contributed by atoms with Gasteiger partial charge in [-0.05, 0) is 58.7 Å². The lowest BCUT2D eigenvalue weighted by atomic mass is 9.92. The molecule has 0 saturated carbocycles. The number of halogens is 5. The Labute approximate surface area is 232 Å². The summed E-state index contributed by atoms with van der Waals surface area (Å²) in [5, 5.41) is 1.97. The number of amides is 1. The van der Waals surface area contributed by atoms with Crippen molar-refractivity contribution in [2.75, 3.05) is 0 Å². The quantitative estimate of drug-likeness (QED) is 0.186. The third-order valence-electron chi connectivity index (χ3n) is 5.81. The van der Waals surface area contributed by atoms with Gasteiger partial charge in [-0.2, -0.15) is 0 Å². The van der Waals surface area contributed by atoms with E-state index in [4.69, 9.17) is 0 Å². The zero-order valence-electron chi connectivity index (χ0n) is 20.5. The molecule has 1 atom stereocenters. The normalized spacial score (nSPS) is 14.9. The molecule has 3 nitrogen and oxygen atoms in total. The van der Waals surface area contributed by atoms with Gasteiger partial charge < -0.3 is 17.3 Å². The number of rotatable bonds is 5. The van der Waals surface area contributed by atoms with Crippen LogP contribution in [0.15, 0.2) is 132 Å². The minimum Gasteiger partial charge on any atom is -0.418 e. The van der Waals surface area contributed by atoms with Crippen molar-refractivity contribution >= 4 is 40.4 Å². The molecule has 4 aromatic rings. The van der Waals surface area contributed by atoms with Crippen LogP contribution in [0, 0.1) is 0 Å². The number of nitrogens with one attached hydrogen (secondary N) is 1. The molecule has 1 unspecified atom stereocenters. The monoisotopic (exact) mass is 593 g/mol. The summed E-state index contributed by atoms with van der Waals surface area (Å²) >= 11 is 3.44. The lowest BCUT2D eigenvalue weighted by molar-refractivity contribution is 0.0837. The molecule has 198 valence electrons. The first-order chi connectivity index (χ1) is 18.7. The van der Waals surface area contributed by atoms with Crippen LogP contribution in [-0.2, 0) is 0 Å². The highest BCUT2D eigenvalue weighted by Crippen LogP contribution is 2.38. The molecule has 0 bridgehead atoms. The van der Waals surface area contributed by atoms with E-state index >= 15 is 0 Å². The number of benzene rings is 4. The average molecular weight is 594 g/mol. The Balaban J connectivity index is 0.000000648. The van der Waals surface area contributed by atoms with Crippen molar-refractivity contribution in [3.63, 3.8) is 0 Å². The highest BCUT2D eigenvalue weighted by Gasteiger charge is 2.28. The van der Waals surface area contributed by atoms with Crippen molar-refractivity contribution in [3.05, 3.63) is 154 Å². The van der Waals surface area contributed by atoms with Gasteiger partial charge in [-0.15, -0.1) is 0 Å². The van der Waals surface area contributed by atoms with E-state index in [1.807, 2.05) is 83.9 Å². The lowest BCUT2D eigenvalue weighted by Gasteiger charge is -2.37. The molecule has 5 rings (SSSR count). The summed E-state index contributed by atoms with van der Waals surface area (Å²) in [5.41, 5.74) is 9.09. The van der Waals surface area contributed by atoms with Gasteiger partial charge in [-0.3, -0.25) is 15.2 Å². The van der Waals surface area contributed by atoms with Crippen molar-refractivity contribution in [3.8, 4) is 0 Å². The third kappa shape index (κ3) is 7.94. The lowest BCUT2D eigenvalue weighted by Crippen LogP contribution is -2.44. The van der Waals surface area contributed by atoms with Crippen molar-refractivity contribution in [2.24, 2.45) is 0 Å². The van der Waals surface area contributed by atoms with Gasteiger partial charge in [0.25, 0.3) is 5.91 Å². The summed E-state index contributed by atoms with van der Waals surface area (Å²) in [7, 11) is -6.00. The van der Waals surface area contributed by atoms with Gasteiger partial charge in [-0.1, -0.05) is 107 Å². The number of hydrogen-bond donors (Lipinski definition) is 1. The van der Waals surface area contributed by atoms with E-state index in [1.165, 1.54) is 0 Å². The van der Waals surface area contributed by atoms with Gasteiger partial charge in [-0.25, -0.2) is 0 Å². The second kappa shape index (κ2) is 12.6. The predicted octanol–water partition coefficient (Wildman–Crippen LogP) is 8.58. The first kappa shape index (κ1) is 27.9. The molecule has 0 spiro atoms. The van der Waals surface area contributed by atoms with E-state index in [9.17, 15) is 22.1 Å². The summed E-state index contributed by atoms with van der Waals surface area (Å²) < 4.78 is 39.9. The minimum absolute atomic E-state index is 0.160. The van der Waals surface area contributed by atoms with E-state index < -0.39 is 7.25 Å². The summed E-state index contributed by atoms with van der Waals surface area (Å²) in [6.07, 6.45) is 4.35. The number of carbonyl (C=O) groups excluding carboxylic acids is 1. The van der Waals surface area contributed by atoms with Crippen molar-refractivity contribution in [2.45, 2.75) is 6.04 Å². The highest BCUT2D eigenvalue weighted by molar-refractivity contribution is 9.10. The SMILES string of the molecule is F[B-](F)(F)F.O=C(NN1C(c2ccccc2)=CC(c2ccccc2)=CC1c1ccccc1)c1ccc(Br)cc1. The molecule has 0 aromatic heterocycles. The van der Waals surface area contributed by atoms with E-state index in [0.717, 1.165) is 32.4 Å². The number of hydrazine groups is 1. The topological polar surface area (TPSA) is 32.3 Å². The number of allylic oxidation sites excluding steroid dienone is 2. The van der Waals surface area contributed by atoms with Gasteiger partial charge in [0.1, 0.15) is 0 Å². The number of carbonyl (C=O) groups is 1. The van der Waals surface area contributed by atoms with Crippen LogP contribution in [-0.4, -0.2) is 18.2 Å². The summed E-state index contributed by atoms with van der Waals surface area (Å²) in [6.45, 7) is 0. The summed E-state index contributed by atoms with van der Waals surface area (Å²) in [5.74, 6) is -0.160. The van der Waals surface area contributed by atoms with Crippen LogP contribution in [0.3, 0.4) is 0 Å². The Morgan fingerprint density at radius 3 is 1.74 bits per heavy atom. The van der Waals surface area contributed by atoms with Crippen LogP contribution in [0.25, 0.3) is 11.3 Å². The molecule has 4 aromatic carbocycles.